The average Bonchev–Trinajstić information content (AvgIpc) is 3.28. The molecular formula is C19H25NO3S. The van der Waals surface area contributed by atoms with E-state index in [1.165, 1.54) is 5.56 Å². The lowest BCUT2D eigenvalue weighted by molar-refractivity contribution is 0.0314. The quantitative estimate of drug-likeness (QED) is 0.756. The van der Waals surface area contributed by atoms with Gasteiger partial charge in [-0.1, -0.05) is 18.2 Å². The number of thiophene rings is 1. The summed E-state index contributed by atoms with van der Waals surface area (Å²) in [5.41, 5.74) is 1.29. The number of rotatable bonds is 9. The molecule has 3 rings (SSSR count). The molecular weight excluding hydrogens is 322 g/mol. The molecule has 0 amide bonds. The standard InChI is InChI=1S/C19H25NO3S/c21-17(14-23-18-5-2-1-3-6-18)12-20(11-16-8-10-24-15-16)13-19-7-4-9-22-19/h1-3,5-6,8,10,15,17,19,21H,4,7,9,11-14H2/t17-,19-/m1/s1. The van der Waals surface area contributed by atoms with Gasteiger partial charge in [-0.05, 0) is 47.4 Å². The van der Waals surface area contributed by atoms with E-state index in [1.807, 2.05) is 30.3 Å². The van der Waals surface area contributed by atoms with Crippen molar-refractivity contribution in [1.29, 1.82) is 0 Å². The predicted molar refractivity (Wildman–Crippen MR) is 96.5 cm³/mol. The Hall–Kier alpha value is -1.40. The third-order valence-electron chi connectivity index (χ3n) is 4.13. The van der Waals surface area contributed by atoms with E-state index in [2.05, 4.69) is 21.7 Å². The Balaban J connectivity index is 1.51. The van der Waals surface area contributed by atoms with Crippen molar-refractivity contribution in [2.75, 3.05) is 26.3 Å². The van der Waals surface area contributed by atoms with Crippen LogP contribution in [-0.4, -0.2) is 48.5 Å². The summed E-state index contributed by atoms with van der Waals surface area (Å²) in [6.45, 7) is 3.44. The number of benzene rings is 1. The molecule has 0 aliphatic carbocycles. The van der Waals surface area contributed by atoms with E-state index in [9.17, 15) is 5.11 Å². The van der Waals surface area contributed by atoms with Gasteiger partial charge in [-0.3, -0.25) is 4.90 Å². The molecule has 2 aromatic rings. The van der Waals surface area contributed by atoms with E-state index in [4.69, 9.17) is 9.47 Å². The fourth-order valence-corrected chi connectivity index (χ4v) is 3.64. The molecule has 5 heteroatoms. The molecule has 2 heterocycles. The minimum absolute atomic E-state index is 0.283. The predicted octanol–water partition coefficient (Wildman–Crippen LogP) is 3.17. The molecule has 1 N–H and O–H groups in total. The summed E-state index contributed by atoms with van der Waals surface area (Å²) in [4.78, 5) is 2.27. The van der Waals surface area contributed by atoms with Crippen LogP contribution in [0, 0.1) is 0 Å². The molecule has 1 fully saturated rings. The van der Waals surface area contributed by atoms with E-state index in [0.29, 0.717) is 13.2 Å². The van der Waals surface area contributed by atoms with Gasteiger partial charge in [0.2, 0.25) is 0 Å². The first-order chi connectivity index (χ1) is 11.8. The second-order valence-corrected chi connectivity index (χ2v) is 7.02. The Morgan fingerprint density at radius 2 is 2.17 bits per heavy atom. The number of hydrogen-bond acceptors (Lipinski definition) is 5. The van der Waals surface area contributed by atoms with E-state index in [1.54, 1.807) is 11.3 Å². The minimum atomic E-state index is -0.523. The monoisotopic (exact) mass is 347 g/mol. The maximum Gasteiger partial charge on any atom is 0.119 e. The fourth-order valence-electron chi connectivity index (χ4n) is 2.98. The zero-order chi connectivity index (χ0) is 16.6. The van der Waals surface area contributed by atoms with Gasteiger partial charge in [0.15, 0.2) is 0 Å². The summed E-state index contributed by atoms with van der Waals surface area (Å²) in [5.74, 6) is 0.792. The number of nitrogens with zero attached hydrogens (tertiary/aromatic N) is 1. The van der Waals surface area contributed by atoms with Crippen LogP contribution in [0.5, 0.6) is 5.75 Å². The summed E-state index contributed by atoms with van der Waals surface area (Å²) in [6.07, 6.45) is 2.00. The van der Waals surface area contributed by atoms with E-state index in [-0.39, 0.29) is 6.10 Å². The summed E-state index contributed by atoms with van der Waals surface area (Å²) in [5, 5.41) is 14.6. The molecule has 1 aliphatic rings. The number of ether oxygens (including phenoxy) is 2. The van der Waals surface area contributed by atoms with Crippen molar-refractivity contribution in [3.8, 4) is 5.75 Å². The first-order valence-electron chi connectivity index (χ1n) is 8.50. The summed E-state index contributed by atoms with van der Waals surface area (Å²) < 4.78 is 11.4. The first kappa shape index (κ1) is 17.4. The van der Waals surface area contributed by atoms with Gasteiger partial charge in [0.05, 0.1) is 6.10 Å². The first-order valence-corrected chi connectivity index (χ1v) is 9.45. The lowest BCUT2D eigenvalue weighted by Crippen LogP contribution is -2.39. The second kappa shape index (κ2) is 9.18. The third-order valence-corrected chi connectivity index (χ3v) is 4.86. The van der Waals surface area contributed by atoms with Crippen molar-refractivity contribution in [2.24, 2.45) is 0 Å². The molecule has 130 valence electrons. The summed E-state index contributed by atoms with van der Waals surface area (Å²) >= 11 is 1.71. The van der Waals surface area contributed by atoms with Gasteiger partial charge in [0.25, 0.3) is 0 Å². The van der Waals surface area contributed by atoms with Crippen LogP contribution in [0.2, 0.25) is 0 Å². The van der Waals surface area contributed by atoms with Crippen LogP contribution >= 0.6 is 11.3 Å². The second-order valence-electron chi connectivity index (χ2n) is 6.24. The van der Waals surface area contributed by atoms with Crippen LogP contribution in [0.4, 0.5) is 0 Å². The van der Waals surface area contributed by atoms with Gasteiger partial charge in [-0.25, -0.2) is 0 Å². The topological polar surface area (TPSA) is 41.9 Å². The maximum atomic E-state index is 10.4. The van der Waals surface area contributed by atoms with Gasteiger partial charge in [0.1, 0.15) is 18.5 Å². The highest BCUT2D eigenvalue weighted by Crippen LogP contribution is 2.17. The molecule has 0 bridgehead atoms. The fraction of sp³-hybridized carbons (Fsp3) is 0.474. The van der Waals surface area contributed by atoms with Crippen molar-refractivity contribution < 1.29 is 14.6 Å². The Bertz CT molecular complexity index is 570. The zero-order valence-electron chi connectivity index (χ0n) is 13.8. The molecule has 2 atom stereocenters. The van der Waals surface area contributed by atoms with Crippen LogP contribution in [0.25, 0.3) is 0 Å². The smallest absolute Gasteiger partial charge is 0.119 e. The highest BCUT2D eigenvalue weighted by molar-refractivity contribution is 7.07. The molecule has 0 spiro atoms. The van der Waals surface area contributed by atoms with Crippen LogP contribution in [0.3, 0.4) is 0 Å². The van der Waals surface area contributed by atoms with E-state index >= 15 is 0 Å². The Morgan fingerprint density at radius 1 is 1.29 bits per heavy atom. The van der Waals surface area contributed by atoms with Crippen LogP contribution in [0.15, 0.2) is 47.2 Å². The molecule has 24 heavy (non-hydrogen) atoms. The molecule has 0 radical (unpaired) electrons. The highest BCUT2D eigenvalue weighted by Gasteiger charge is 2.21. The van der Waals surface area contributed by atoms with Crippen LogP contribution in [0.1, 0.15) is 18.4 Å². The van der Waals surface area contributed by atoms with Gasteiger partial charge in [-0.15, -0.1) is 0 Å². The summed E-state index contributed by atoms with van der Waals surface area (Å²) in [7, 11) is 0. The summed E-state index contributed by atoms with van der Waals surface area (Å²) in [6, 6.07) is 11.8. The largest absolute Gasteiger partial charge is 0.491 e. The third kappa shape index (κ3) is 5.60. The van der Waals surface area contributed by atoms with Crippen molar-refractivity contribution in [1.82, 2.24) is 4.90 Å². The van der Waals surface area contributed by atoms with Gasteiger partial charge in [0, 0.05) is 26.2 Å². The molecule has 1 aromatic carbocycles. The van der Waals surface area contributed by atoms with E-state index in [0.717, 1.165) is 38.3 Å². The number of aliphatic hydroxyl groups is 1. The van der Waals surface area contributed by atoms with Crippen molar-refractivity contribution >= 4 is 11.3 Å². The molecule has 1 saturated heterocycles. The van der Waals surface area contributed by atoms with Gasteiger partial charge < -0.3 is 14.6 Å². The lowest BCUT2D eigenvalue weighted by Gasteiger charge is -2.27. The van der Waals surface area contributed by atoms with Crippen molar-refractivity contribution in [3.05, 3.63) is 52.7 Å². The highest BCUT2D eigenvalue weighted by atomic mass is 32.1. The molecule has 0 unspecified atom stereocenters. The Morgan fingerprint density at radius 3 is 2.88 bits per heavy atom. The molecule has 0 saturated carbocycles. The SMILES string of the molecule is O[C@@H](COc1ccccc1)CN(Cc1ccsc1)C[C@H]1CCCO1. The van der Waals surface area contributed by atoms with Crippen LogP contribution in [-0.2, 0) is 11.3 Å². The number of para-hydroxylation sites is 1. The molecule has 4 nitrogen and oxygen atoms in total. The van der Waals surface area contributed by atoms with Crippen LogP contribution < -0.4 is 4.74 Å². The lowest BCUT2D eigenvalue weighted by atomic mass is 10.2. The minimum Gasteiger partial charge on any atom is -0.491 e. The van der Waals surface area contributed by atoms with Crippen molar-refractivity contribution in [3.63, 3.8) is 0 Å². The van der Waals surface area contributed by atoms with E-state index < -0.39 is 6.10 Å². The molecule has 1 aromatic heterocycles. The normalized spacial score (nSPS) is 18.8. The number of hydrogen-bond donors (Lipinski definition) is 1. The number of aliphatic hydroxyl groups excluding tert-OH is 1. The molecule has 1 aliphatic heterocycles. The van der Waals surface area contributed by atoms with Gasteiger partial charge >= 0.3 is 0 Å². The van der Waals surface area contributed by atoms with Crippen molar-refractivity contribution in [2.45, 2.75) is 31.6 Å². The van der Waals surface area contributed by atoms with Gasteiger partial charge in [-0.2, -0.15) is 11.3 Å². The zero-order valence-corrected chi connectivity index (χ0v) is 14.7. The Kier molecular flexibility index (Phi) is 6.66. The maximum absolute atomic E-state index is 10.4. The Labute approximate surface area is 147 Å². The average molecular weight is 347 g/mol.